The van der Waals surface area contributed by atoms with E-state index in [1.165, 1.54) is 5.56 Å². The van der Waals surface area contributed by atoms with Gasteiger partial charge in [0.05, 0.1) is 11.6 Å². The number of carbonyl (C=O) groups is 1. The molecule has 0 spiro atoms. The molecule has 2 aromatic carbocycles. The van der Waals surface area contributed by atoms with E-state index < -0.39 is 0 Å². The molecule has 0 aliphatic heterocycles. The van der Waals surface area contributed by atoms with Crippen molar-refractivity contribution in [2.24, 2.45) is 11.1 Å². The summed E-state index contributed by atoms with van der Waals surface area (Å²) in [6, 6.07) is 19.8. The molecule has 0 heterocycles. The number of nitrogens with zero attached hydrogens (tertiary/aromatic N) is 1. The number of oxime groups is 1. The second kappa shape index (κ2) is 5.92. The van der Waals surface area contributed by atoms with Crippen LogP contribution in [0, 0.1) is 5.92 Å². The van der Waals surface area contributed by atoms with Gasteiger partial charge in [0.1, 0.15) is 0 Å². The van der Waals surface area contributed by atoms with Crippen molar-refractivity contribution in [2.75, 3.05) is 0 Å². The van der Waals surface area contributed by atoms with Crippen LogP contribution in [-0.2, 0) is 9.63 Å². The fourth-order valence-electron chi connectivity index (χ4n) is 2.44. The molecule has 3 heteroatoms. The lowest BCUT2D eigenvalue weighted by Gasteiger charge is -2.01. The van der Waals surface area contributed by atoms with Crippen LogP contribution in [0.2, 0.25) is 0 Å². The maximum atomic E-state index is 12.0. The summed E-state index contributed by atoms with van der Waals surface area (Å²) in [5.74, 6) is -0.00945. The van der Waals surface area contributed by atoms with Crippen LogP contribution in [0.1, 0.15) is 30.4 Å². The van der Waals surface area contributed by atoms with Gasteiger partial charge in [0.15, 0.2) is 0 Å². The summed E-state index contributed by atoms with van der Waals surface area (Å²) in [6.45, 7) is 1.84. The third-order valence-corrected chi connectivity index (χ3v) is 3.79. The van der Waals surface area contributed by atoms with Crippen LogP contribution < -0.4 is 0 Å². The fraction of sp³-hybridized carbons (Fsp3) is 0.222. The standard InChI is InChI=1S/C18H17NO2/c1-13(14-8-4-2-5-9-14)19-21-18(20)17-12-16(17)15-10-6-3-7-11-15/h2-11,16-17H,12H2,1H3/t16-,17-/m0/s1. The summed E-state index contributed by atoms with van der Waals surface area (Å²) in [4.78, 5) is 17.1. The first kappa shape index (κ1) is 13.6. The van der Waals surface area contributed by atoms with Crippen molar-refractivity contribution in [1.82, 2.24) is 0 Å². The van der Waals surface area contributed by atoms with E-state index in [0.29, 0.717) is 5.71 Å². The maximum absolute atomic E-state index is 12.0. The Balaban J connectivity index is 1.59. The van der Waals surface area contributed by atoms with Crippen molar-refractivity contribution in [3.05, 3.63) is 71.8 Å². The molecule has 3 rings (SSSR count). The zero-order valence-corrected chi connectivity index (χ0v) is 11.9. The van der Waals surface area contributed by atoms with Gasteiger partial charge in [-0.15, -0.1) is 0 Å². The highest BCUT2D eigenvalue weighted by atomic mass is 16.7. The number of rotatable bonds is 4. The zero-order chi connectivity index (χ0) is 14.7. The van der Waals surface area contributed by atoms with Crippen LogP contribution in [0.15, 0.2) is 65.8 Å². The number of benzene rings is 2. The second-order valence-corrected chi connectivity index (χ2v) is 5.31. The summed E-state index contributed by atoms with van der Waals surface area (Å²) in [5.41, 5.74) is 2.87. The molecule has 3 nitrogen and oxygen atoms in total. The monoisotopic (exact) mass is 279 g/mol. The van der Waals surface area contributed by atoms with Gasteiger partial charge >= 0.3 is 5.97 Å². The minimum absolute atomic E-state index is 0.0558. The Kier molecular flexibility index (Phi) is 3.82. The molecule has 1 fully saturated rings. The molecule has 0 unspecified atom stereocenters. The lowest BCUT2D eigenvalue weighted by Crippen LogP contribution is -2.06. The van der Waals surface area contributed by atoms with E-state index >= 15 is 0 Å². The molecule has 0 N–H and O–H groups in total. The predicted molar refractivity (Wildman–Crippen MR) is 82.0 cm³/mol. The first-order valence-electron chi connectivity index (χ1n) is 7.11. The van der Waals surface area contributed by atoms with Crippen molar-refractivity contribution in [1.29, 1.82) is 0 Å². The summed E-state index contributed by atoms with van der Waals surface area (Å²) in [7, 11) is 0. The number of hydrogen-bond acceptors (Lipinski definition) is 3. The van der Waals surface area contributed by atoms with Crippen LogP contribution in [0.25, 0.3) is 0 Å². The second-order valence-electron chi connectivity index (χ2n) is 5.31. The van der Waals surface area contributed by atoms with Gasteiger partial charge in [0.25, 0.3) is 0 Å². The molecule has 106 valence electrons. The van der Waals surface area contributed by atoms with Crippen LogP contribution in [0.3, 0.4) is 0 Å². The van der Waals surface area contributed by atoms with E-state index in [1.807, 2.05) is 55.5 Å². The minimum atomic E-state index is -0.237. The molecule has 1 saturated carbocycles. The molecular weight excluding hydrogens is 262 g/mol. The van der Waals surface area contributed by atoms with Gasteiger partial charge in [-0.05, 0) is 30.4 Å². The van der Waals surface area contributed by atoms with Gasteiger partial charge in [-0.2, -0.15) is 0 Å². The summed E-state index contributed by atoms with van der Waals surface area (Å²) in [5, 5.41) is 3.95. The third kappa shape index (κ3) is 3.19. The average Bonchev–Trinajstić information content (AvgIpc) is 3.35. The SMILES string of the molecule is CC(=NOC(=O)[C@H]1C[C@H]1c1ccccc1)c1ccccc1. The molecule has 0 amide bonds. The van der Waals surface area contributed by atoms with E-state index in [1.54, 1.807) is 0 Å². The molecule has 1 aliphatic carbocycles. The van der Waals surface area contributed by atoms with Gasteiger partial charge in [-0.3, -0.25) is 0 Å². The summed E-state index contributed by atoms with van der Waals surface area (Å²) < 4.78 is 0. The van der Waals surface area contributed by atoms with E-state index in [2.05, 4.69) is 17.3 Å². The Morgan fingerprint density at radius 2 is 1.67 bits per heavy atom. The largest absolute Gasteiger partial charge is 0.338 e. The number of hydrogen-bond donors (Lipinski definition) is 0. The van der Waals surface area contributed by atoms with Crippen LogP contribution in [-0.4, -0.2) is 11.7 Å². The van der Waals surface area contributed by atoms with E-state index in [0.717, 1.165) is 12.0 Å². The Hall–Kier alpha value is -2.42. The molecule has 1 aliphatic rings. The highest BCUT2D eigenvalue weighted by Gasteiger charge is 2.45. The molecule has 2 aromatic rings. The first-order chi connectivity index (χ1) is 10.3. The van der Waals surface area contributed by atoms with Gasteiger partial charge in [0.2, 0.25) is 0 Å². The Morgan fingerprint density at radius 1 is 1.05 bits per heavy atom. The zero-order valence-electron chi connectivity index (χ0n) is 11.9. The Morgan fingerprint density at radius 3 is 2.33 bits per heavy atom. The molecule has 0 bridgehead atoms. The van der Waals surface area contributed by atoms with Gasteiger partial charge in [-0.1, -0.05) is 65.8 Å². The normalized spacial score (nSPS) is 20.9. The molecule has 21 heavy (non-hydrogen) atoms. The van der Waals surface area contributed by atoms with Crippen molar-refractivity contribution < 1.29 is 9.63 Å². The van der Waals surface area contributed by atoms with Crippen molar-refractivity contribution >= 4 is 11.7 Å². The number of carbonyl (C=O) groups excluding carboxylic acids is 1. The molecule has 0 aromatic heterocycles. The van der Waals surface area contributed by atoms with Crippen LogP contribution >= 0.6 is 0 Å². The maximum Gasteiger partial charge on any atom is 0.338 e. The summed E-state index contributed by atoms with van der Waals surface area (Å²) >= 11 is 0. The van der Waals surface area contributed by atoms with Gasteiger partial charge < -0.3 is 4.84 Å². The summed E-state index contributed by atoms with van der Waals surface area (Å²) in [6.07, 6.45) is 0.850. The third-order valence-electron chi connectivity index (χ3n) is 3.79. The van der Waals surface area contributed by atoms with E-state index in [-0.39, 0.29) is 17.8 Å². The van der Waals surface area contributed by atoms with E-state index in [9.17, 15) is 4.79 Å². The lowest BCUT2D eigenvalue weighted by atomic mass is 10.1. The van der Waals surface area contributed by atoms with Gasteiger partial charge in [0, 0.05) is 0 Å². The van der Waals surface area contributed by atoms with Crippen molar-refractivity contribution in [2.45, 2.75) is 19.3 Å². The quantitative estimate of drug-likeness (QED) is 0.485. The molecule has 0 saturated heterocycles. The molecule has 0 radical (unpaired) electrons. The van der Waals surface area contributed by atoms with Crippen molar-refractivity contribution in [3.8, 4) is 0 Å². The van der Waals surface area contributed by atoms with Crippen LogP contribution in [0.4, 0.5) is 0 Å². The topological polar surface area (TPSA) is 38.7 Å². The fourth-order valence-corrected chi connectivity index (χ4v) is 2.44. The van der Waals surface area contributed by atoms with Crippen LogP contribution in [0.5, 0.6) is 0 Å². The molecular formula is C18H17NO2. The Bertz CT molecular complexity index is 649. The molecule has 2 atom stereocenters. The van der Waals surface area contributed by atoms with Crippen molar-refractivity contribution in [3.63, 3.8) is 0 Å². The Labute approximate surface area is 124 Å². The smallest absolute Gasteiger partial charge is 0.318 e. The van der Waals surface area contributed by atoms with Gasteiger partial charge in [-0.25, -0.2) is 4.79 Å². The lowest BCUT2D eigenvalue weighted by molar-refractivity contribution is -0.145. The highest BCUT2D eigenvalue weighted by molar-refractivity contribution is 5.98. The van der Waals surface area contributed by atoms with E-state index in [4.69, 9.17) is 4.84 Å². The highest BCUT2D eigenvalue weighted by Crippen LogP contribution is 2.48. The predicted octanol–water partition coefficient (Wildman–Crippen LogP) is 3.76. The minimum Gasteiger partial charge on any atom is -0.318 e. The average molecular weight is 279 g/mol. The first-order valence-corrected chi connectivity index (χ1v) is 7.11.